The lowest BCUT2D eigenvalue weighted by atomic mass is 9.89. The first-order valence-electron chi connectivity index (χ1n) is 9.25. The predicted molar refractivity (Wildman–Crippen MR) is 104 cm³/mol. The summed E-state index contributed by atoms with van der Waals surface area (Å²) in [6.45, 7) is 6.63. The molecule has 2 fully saturated rings. The molecule has 4 nitrogen and oxygen atoms in total. The first kappa shape index (κ1) is 20.1. The van der Waals surface area contributed by atoms with E-state index >= 15 is 0 Å². The van der Waals surface area contributed by atoms with Gasteiger partial charge >= 0.3 is 0 Å². The van der Waals surface area contributed by atoms with Crippen LogP contribution in [0.15, 0.2) is 18.2 Å². The van der Waals surface area contributed by atoms with Crippen LogP contribution >= 0.6 is 12.4 Å². The van der Waals surface area contributed by atoms with Gasteiger partial charge in [0.2, 0.25) is 5.91 Å². The zero-order valence-corrected chi connectivity index (χ0v) is 16.3. The molecular formula is C20H31ClN2O2. The normalized spacial score (nSPS) is 25.8. The Kier molecular flexibility index (Phi) is 7.14. The molecule has 3 rings (SSSR count). The highest BCUT2D eigenvalue weighted by Gasteiger charge is 2.34. The summed E-state index contributed by atoms with van der Waals surface area (Å²) >= 11 is 0. The van der Waals surface area contributed by atoms with Gasteiger partial charge < -0.3 is 15.4 Å². The van der Waals surface area contributed by atoms with Crippen LogP contribution in [0.3, 0.4) is 0 Å². The largest absolute Gasteiger partial charge is 0.491 e. The van der Waals surface area contributed by atoms with Crippen LogP contribution in [0.2, 0.25) is 0 Å². The molecule has 0 radical (unpaired) electrons. The van der Waals surface area contributed by atoms with Crippen molar-refractivity contribution < 1.29 is 9.53 Å². The molecule has 3 unspecified atom stereocenters. The van der Waals surface area contributed by atoms with Crippen LogP contribution in [0.1, 0.15) is 50.2 Å². The van der Waals surface area contributed by atoms with Gasteiger partial charge in [0.05, 0.1) is 6.04 Å². The van der Waals surface area contributed by atoms with Crippen molar-refractivity contribution in [2.24, 2.45) is 5.92 Å². The summed E-state index contributed by atoms with van der Waals surface area (Å²) in [5, 5.41) is 6.73. The van der Waals surface area contributed by atoms with Gasteiger partial charge in [-0.05, 0) is 63.5 Å². The molecular weight excluding hydrogens is 336 g/mol. The van der Waals surface area contributed by atoms with E-state index in [4.69, 9.17) is 4.74 Å². The molecule has 2 aliphatic heterocycles. The lowest BCUT2D eigenvalue weighted by Crippen LogP contribution is -2.42. The molecule has 3 atom stereocenters. The second kappa shape index (κ2) is 8.91. The average molecular weight is 367 g/mol. The Bertz CT molecular complexity index is 561. The number of ether oxygens (including phenoxy) is 1. The molecule has 1 aromatic rings. The number of hydrogen-bond acceptors (Lipinski definition) is 3. The molecule has 2 bridgehead atoms. The quantitative estimate of drug-likeness (QED) is 0.809. The van der Waals surface area contributed by atoms with Gasteiger partial charge in [0.15, 0.2) is 0 Å². The Morgan fingerprint density at radius 1 is 1.24 bits per heavy atom. The number of fused-ring (bicyclic) bond motifs is 2. The van der Waals surface area contributed by atoms with Crippen LogP contribution in [0.4, 0.5) is 0 Å². The highest BCUT2D eigenvalue weighted by Crippen LogP contribution is 2.32. The van der Waals surface area contributed by atoms with E-state index in [9.17, 15) is 4.79 Å². The maximum atomic E-state index is 12.3. The fourth-order valence-corrected chi connectivity index (χ4v) is 4.21. The number of aryl methyl sites for hydroxylation is 2. The summed E-state index contributed by atoms with van der Waals surface area (Å²) in [5.41, 5.74) is 2.28. The van der Waals surface area contributed by atoms with Crippen molar-refractivity contribution >= 4 is 18.3 Å². The third-order valence-electron chi connectivity index (χ3n) is 5.34. The van der Waals surface area contributed by atoms with Gasteiger partial charge in [-0.2, -0.15) is 0 Å². The molecule has 1 amide bonds. The number of benzene rings is 1. The topological polar surface area (TPSA) is 50.4 Å². The number of piperidine rings is 1. The summed E-state index contributed by atoms with van der Waals surface area (Å²) in [4.78, 5) is 12.3. The van der Waals surface area contributed by atoms with Crippen LogP contribution < -0.4 is 15.4 Å². The van der Waals surface area contributed by atoms with E-state index in [1.165, 1.54) is 12.8 Å². The zero-order chi connectivity index (χ0) is 17.1. The third-order valence-corrected chi connectivity index (χ3v) is 5.34. The number of carbonyl (C=O) groups excluding carboxylic acids is 1. The minimum atomic E-state index is 0. The number of para-hydroxylation sites is 1. The monoisotopic (exact) mass is 366 g/mol. The van der Waals surface area contributed by atoms with Crippen molar-refractivity contribution in [1.29, 1.82) is 0 Å². The SMILES string of the molecule is Cc1cccc(C)c1OCC(C)NC(=O)CC1CC2CCC(C1)N2.Cl. The van der Waals surface area contributed by atoms with Gasteiger partial charge in [0.1, 0.15) is 12.4 Å². The fourth-order valence-electron chi connectivity index (χ4n) is 4.21. The van der Waals surface area contributed by atoms with Crippen molar-refractivity contribution in [3.05, 3.63) is 29.3 Å². The van der Waals surface area contributed by atoms with Crippen LogP contribution in [-0.2, 0) is 4.79 Å². The second-order valence-electron chi connectivity index (χ2n) is 7.68. The third kappa shape index (κ3) is 5.35. The Balaban J connectivity index is 0.00000225. The minimum absolute atomic E-state index is 0. The van der Waals surface area contributed by atoms with Crippen LogP contribution in [0, 0.1) is 19.8 Å². The number of hydrogen-bond donors (Lipinski definition) is 2. The van der Waals surface area contributed by atoms with Gasteiger partial charge in [0.25, 0.3) is 0 Å². The summed E-state index contributed by atoms with van der Waals surface area (Å²) < 4.78 is 5.94. The van der Waals surface area contributed by atoms with Crippen LogP contribution in [0.5, 0.6) is 5.75 Å². The number of amides is 1. The van der Waals surface area contributed by atoms with Gasteiger partial charge in [-0.15, -0.1) is 12.4 Å². The summed E-state index contributed by atoms with van der Waals surface area (Å²) in [6.07, 6.45) is 5.52. The van der Waals surface area contributed by atoms with E-state index in [1.54, 1.807) is 0 Å². The molecule has 5 heteroatoms. The van der Waals surface area contributed by atoms with Crippen molar-refractivity contribution in [3.8, 4) is 5.75 Å². The maximum absolute atomic E-state index is 12.3. The van der Waals surface area contributed by atoms with Crippen molar-refractivity contribution in [2.45, 2.75) is 71.0 Å². The highest BCUT2D eigenvalue weighted by molar-refractivity contribution is 5.85. The van der Waals surface area contributed by atoms with E-state index in [0.29, 0.717) is 31.0 Å². The van der Waals surface area contributed by atoms with E-state index in [0.717, 1.165) is 29.7 Å². The molecule has 0 saturated carbocycles. The van der Waals surface area contributed by atoms with Gasteiger partial charge in [-0.1, -0.05) is 18.2 Å². The summed E-state index contributed by atoms with van der Waals surface area (Å²) in [6, 6.07) is 7.45. The molecule has 2 saturated heterocycles. The Labute approximate surface area is 157 Å². The molecule has 25 heavy (non-hydrogen) atoms. The molecule has 0 aromatic heterocycles. The molecule has 2 aliphatic rings. The summed E-state index contributed by atoms with van der Waals surface area (Å²) in [7, 11) is 0. The van der Waals surface area contributed by atoms with Crippen LogP contribution in [-0.4, -0.2) is 30.6 Å². The lowest BCUT2D eigenvalue weighted by molar-refractivity contribution is -0.123. The van der Waals surface area contributed by atoms with Gasteiger partial charge in [-0.3, -0.25) is 4.79 Å². The number of carbonyl (C=O) groups is 1. The van der Waals surface area contributed by atoms with Gasteiger partial charge in [0, 0.05) is 18.5 Å². The van der Waals surface area contributed by atoms with E-state index in [1.807, 2.05) is 13.0 Å². The number of halogens is 1. The van der Waals surface area contributed by atoms with Crippen LogP contribution in [0.25, 0.3) is 0 Å². The Hall–Kier alpha value is -1.26. The Morgan fingerprint density at radius 2 is 1.84 bits per heavy atom. The van der Waals surface area contributed by atoms with E-state index in [2.05, 4.69) is 36.6 Å². The van der Waals surface area contributed by atoms with E-state index in [-0.39, 0.29) is 24.4 Å². The van der Waals surface area contributed by atoms with Crippen molar-refractivity contribution in [1.82, 2.24) is 10.6 Å². The molecule has 1 aromatic carbocycles. The number of rotatable bonds is 6. The number of nitrogens with one attached hydrogen (secondary N) is 2. The smallest absolute Gasteiger partial charge is 0.220 e. The first-order chi connectivity index (χ1) is 11.5. The van der Waals surface area contributed by atoms with E-state index < -0.39 is 0 Å². The molecule has 0 spiro atoms. The lowest BCUT2D eigenvalue weighted by Gasteiger charge is -2.29. The van der Waals surface area contributed by atoms with Gasteiger partial charge in [-0.25, -0.2) is 0 Å². The minimum Gasteiger partial charge on any atom is -0.491 e. The standard InChI is InChI=1S/C20H30N2O2.ClH/c1-13-5-4-6-14(2)20(13)24-12-15(3)21-19(23)11-16-9-17-7-8-18(10-16)22-17;/h4-6,15-18,22H,7-12H2,1-3H3,(H,21,23);1H. The molecule has 2 heterocycles. The second-order valence-corrected chi connectivity index (χ2v) is 7.68. The molecule has 0 aliphatic carbocycles. The average Bonchev–Trinajstić information content (AvgIpc) is 2.85. The summed E-state index contributed by atoms with van der Waals surface area (Å²) in [5.74, 6) is 1.64. The predicted octanol–water partition coefficient (Wildman–Crippen LogP) is 3.53. The zero-order valence-electron chi connectivity index (χ0n) is 15.5. The Morgan fingerprint density at radius 3 is 2.44 bits per heavy atom. The molecule has 2 N–H and O–H groups in total. The fraction of sp³-hybridized carbons (Fsp3) is 0.650. The van der Waals surface area contributed by atoms with Crippen molar-refractivity contribution in [2.75, 3.05) is 6.61 Å². The molecule has 140 valence electrons. The van der Waals surface area contributed by atoms with Crippen molar-refractivity contribution in [3.63, 3.8) is 0 Å². The highest BCUT2D eigenvalue weighted by atomic mass is 35.5. The first-order valence-corrected chi connectivity index (χ1v) is 9.25. The maximum Gasteiger partial charge on any atom is 0.220 e.